The second-order valence-corrected chi connectivity index (χ2v) is 7.69. The van der Waals surface area contributed by atoms with Gasteiger partial charge in [0.15, 0.2) is 6.61 Å². The highest BCUT2D eigenvalue weighted by Crippen LogP contribution is 2.27. The zero-order valence-electron chi connectivity index (χ0n) is 15.1. The van der Waals surface area contributed by atoms with Crippen LogP contribution in [0, 0.1) is 5.92 Å². The number of amides is 3. The Morgan fingerprint density at radius 1 is 1.26 bits per heavy atom. The molecule has 1 fully saturated rings. The van der Waals surface area contributed by atoms with Gasteiger partial charge in [-0.2, -0.15) is 0 Å². The first-order valence-electron chi connectivity index (χ1n) is 8.45. The van der Waals surface area contributed by atoms with E-state index in [9.17, 15) is 19.2 Å². The molecule has 1 aliphatic heterocycles. The monoisotopic (exact) mass is 412 g/mol. The van der Waals surface area contributed by atoms with E-state index in [1.807, 2.05) is 13.8 Å². The van der Waals surface area contributed by atoms with Crippen LogP contribution < -0.4 is 5.32 Å². The summed E-state index contributed by atoms with van der Waals surface area (Å²) >= 11 is 6.81. The minimum absolute atomic E-state index is 0.0218. The van der Waals surface area contributed by atoms with Crippen LogP contribution in [0.15, 0.2) is 24.3 Å². The predicted octanol–water partition coefficient (Wildman–Crippen LogP) is 2.43. The molecule has 2 rings (SSSR count). The molecule has 27 heavy (non-hydrogen) atoms. The fraction of sp³-hybridized carbons (Fsp3) is 0.444. The first-order chi connectivity index (χ1) is 12.8. The number of benzene rings is 1. The average Bonchev–Trinajstić information content (AvgIpc) is 2.93. The third-order valence-corrected chi connectivity index (χ3v) is 5.10. The van der Waals surface area contributed by atoms with Crippen LogP contribution in [-0.2, 0) is 19.1 Å². The lowest BCUT2D eigenvalue weighted by Crippen LogP contribution is -2.39. The fourth-order valence-corrected chi connectivity index (χ4v) is 3.52. The van der Waals surface area contributed by atoms with Crippen molar-refractivity contribution in [3.05, 3.63) is 34.9 Å². The molecular formula is C18H21ClN2O5S. The highest BCUT2D eigenvalue weighted by Gasteiger charge is 2.29. The summed E-state index contributed by atoms with van der Waals surface area (Å²) in [5.41, 5.74) is 0.767. The van der Waals surface area contributed by atoms with Gasteiger partial charge in [-0.1, -0.05) is 49.3 Å². The van der Waals surface area contributed by atoms with Crippen molar-refractivity contribution in [2.45, 2.75) is 19.8 Å². The Balaban J connectivity index is 1.80. The third-order valence-electron chi connectivity index (χ3n) is 3.99. The second-order valence-electron chi connectivity index (χ2n) is 6.33. The topological polar surface area (TPSA) is 92.8 Å². The predicted molar refractivity (Wildman–Crippen MR) is 103 cm³/mol. The van der Waals surface area contributed by atoms with Crippen LogP contribution in [0.25, 0.3) is 0 Å². The van der Waals surface area contributed by atoms with Crippen LogP contribution in [-0.4, -0.2) is 53.4 Å². The highest BCUT2D eigenvalue weighted by molar-refractivity contribution is 8.14. The lowest BCUT2D eigenvalue weighted by atomic mass is 9.88. The van der Waals surface area contributed by atoms with Crippen molar-refractivity contribution in [2.75, 3.05) is 25.4 Å². The maximum absolute atomic E-state index is 12.4. The van der Waals surface area contributed by atoms with E-state index >= 15 is 0 Å². The van der Waals surface area contributed by atoms with Crippen molar-refractivity contribution in [3.8, 4) is 0 Å². The van der Waals surface area contributed by atoms with E-state index in [2.05, 4.69) is 5.32 Å². The summed E-state index contributed by atoms with van der Waals surface area (Å²) in [6.45, 7) is 3.57. The summed E-state index contributed by atoms with van der Waals surface area (Å²) < 4.78 is 5.14. The number of imide groups is 1. The Hall–Kier alpha value is -2.06. The lowest BCUT2D eigenvalue weighted by molar-refractivity contribution is -0.151. The summed E-state index contributed by atoms with van der Waals surface area (Å²) in [7, 11) is 0. The first kappa shape index (κ1) is 21.2. The molecule has 0 aliphatic carbocycles. The number of halogens is 1. The fourth-order valence-electron chi connectivity index (χ4n) is 2.64. The summed E-state index contributed by atoms with van der Waals surface area (Å²) in [5, 5.41) is 2.79. The molecule has 9 heteroatoms. The van der Waals surface area contributed by atoms with Gasteiger partial charge in [-0.25, -0.2) is 0 Å². The average molecular weight is 413 g/mol. The third kappa shape index (κ3) is 5.97. The van der Waals surface area contributed by atoms with Crippen molar-refractivity contribution in [1.29, 1.82) is 0 Å². The van der Waals surface area contributed by atoms with Gasteiger partial charge in [0, 0.05) is 18.1 Å². The zero-order valence-corrected chi connectivity index (χ0v) is 16.6. The molecule has 0 aromatic heterocycles. The number of nitrogens with one attached hydrogen (secondary N) is 1. The van der Waals surface area contributed by atoms with Gasteiger partial charge >= 0.3 is 5.97 Å². The molecule has 1 aromatic rings. The van der Waals surface area contributed by atoms with E-state index in [0.29, 0.717) is 5.02 Å². The SMILES string of the molecule is CC(C)[C@H](C(=O)OCC(=O)NCCN1C(=O)CSC1=O)c1ccc(Cl)cc1. The number of hydrogen-bond acceptors (Lipinski definition) is 6. The molecule has 0 unspecified atom stereocenters. The van der Waals surface area contributed by atoms with Crippen molar-refractivity contribution in [1.82, 2.24) is 10.2 Å². The van der Waals surface area contributed by atoms with Gasteiger partial charge in [0.1, 0.15) is 0 Å². The lowest BCUT2D eigenvalue weighted by Gasteiger charge is -2.20. The molecule has 1 atom stereocenters. The number of ether oxygens (including phenoxy) is 1. The number of rotatable bonds is 8. The molecule has 1 heterocycles. The number of esters is 1. The Kier molecular flexibility index (Phi) is 7.67. The van der Waals surface area contributed by atoms with Crippen molar-refractivity contribution in [2.24, 2.45) is 5.92 Å². The summed E-state index contributed by atoms with van der Waals surface area (Å²) in [5.74, 6) is -1.66. The van der Waals surface area contributed by atoms with Gasteiger partial charge in [-0.15, -0.1) is 0 Å². The van der Waals surface area contributed by atoms with Gasteiger partial charge in [0.05, 0.1) is 11.7 Å². The molecule has 1 saturated heterocycles. The van der Waals surface area contributed by atoms with E-state index in [-0.39, 0.29) is 35.9 Å². The van der Waals surface area contributed by atoms with Crippen LogP contribution in [0.4, 0.5) is 4.79 Å². The summed E-state index contributed by atoms with van der Waals surface area (Å²) in [6.07, 6.45) is 0. The smallest absolute Gasteiger partial charge is 0.314 e. The van der Waals surface area contributed by atoms with Crippen LogP contribution in [0.5, 0.6) is 0 Å². The first-order valence-corrected chi connectivity index (χ1v) is 9.82. The van der Waals surface area contributed by atoms with E-state index in [4.69, 9.17) is 16.3 Å². The Bertz CT molecular complexity index is 707. The molecule has 3 amide bonds. The molecule has 0 spiro atoms. The zero-order chi connectivity index (χ0) is 20.0. The molecule has 0 saturated carbocycles. The van der Waals surface area contributed by atoms with E-state index in [0.717, 1.165) is 22.2 Å². The van der Waals surface area contributed by atoms with Crippen LogP contribution >= 0.6 is 23.4 Å². The number of carbonyl (C=O) groups is 4. The van der Waals surface area contributed by atoms with Gasteiger partial charge < -0.3 is 10.1 Å². The van der Waals surface area contributed by atoms with E-state index in [1.165, 1.54) is 0 Å². The van der Waals surface area contributed by atoms with Gasteiger partial charge in [-0.3, -0.25) is 24.1 Å². The van der Waals surface area contributed by atoms with E-state index < -0.39 is 24.4 Å². The summed E-state index contributed by atoms with van der Waals surface area (Å²) in [4.78, 5) is 48.3. The minimum atomic E-state index is -0.507. The minimum Gasteiger partial charge on any atom is -0.455 e. The van der Waals surface area contributed by atoms with Gasteiger partial charge in [-0.05, 0) is 23.6 Å². The van der Waals surface area contributed by atoms with Gasteiger partial charge in [0.2, 0.25) is 5.91 Å². The Morgan fingerprint density at radius 3 is 2.48 bits per heavy atom. The molecule has 0 radical (unpaired) electrons. The maximum Gasteiger partial charge on any atom is 0.314 e. The van der Waals surface area contributed by atoms with E-state index in [1.54, 1.807) is 24.3 Å². The number of nitrogens with zero attached hydrogens (tertiary/aromatic N) is 1. The van der Waals surface area contributed by atoms with Crippen molar-refractivity contribution < 1.29 is 23.9 Å². The quantitative estimate of drug-likeness (QED) is 0.659. The Morgan fingerprint density at radius 2 is 1.93 bits per heavy atom. The summed E-state index contributed by atoms with van der Waals surface area (Å²) in [6, 6.07) is 6.92. The van der Waals surface area contributed by atoms with Gasteiger partial charge in [0.25, 0.3) is 11.1 Å². The molecule has 1 aromatic carbocycles. The number of hydrogen-bond donors (Lipinski definition) is 1. The second kappa shape index (κ2) is 9.75. The molecule has 1 aliphatic rings. The molecule has 7 nitrogen and oxygen atoms in total. The maximum atomic E-state index is 12.4. The van der Waals surface area contributed by atoms with Crippen LogP contribution in [0.3, 0.4) is 0 Å². The highest BCUT2D eigenvalue weighted by atomic mass is 35.5. The number of carbonyl (C=O) groups excluding carboxylic acids is 4. The molecule has 0 bridgehead atoms. The number of thioether (sulfide) groups is 1. The van der Waals surface area contributed by atoms with Crippen LogP contribution in [0.1, 0.15) is 25.3 Å². The van der Waals surface area contributed by atoms with Crippen molar-refractivity contribution in [3.63, 3.8) is 0 Å². The molecule has 146 valence electrons. The standard InChI is InChI=1S/C18H21ClN2O5S/c1-11(2)16(12-3-5-13(19)6-4-12)17(24)26-9-14(22)20-7-8-21-15(23)10-27-18(21)25/h3-6,11,16H,7-10H2,1-2H3,(H,20,22)/t16-/m0/s1. The largest absolute Gasteiger partial charge is 0.455 e. The molecule has 1 N–H and O–H groups in total. The van der Waals surface area contributed by atoms with Crippen molar-refractivity contribution >= 4 is 46.4 Å². The Labute approximate surface area is 166 Å². The van der Waals surface area contributed by atoms with Crippen LogP contribution in [0.2, 0.25) is 5.02 Å². The molecular weight excluding hydrogens is 392 g/mol. The normalized spacial score (nSPS) is 15.2.